The molecule has 26 heavy (non-hydrogen) atoms. The van der Waals surface area contributed by atoms with E-state index in [0.717, 1.165) is 49.7 Å². The fraction of sp³-hybridized carbons (Fsp3) is 0.500. The van der Waals surface area contributed by atoms with Gasteiger partial charge in [-0.05, 0) is 43.3 Å². The molecular weight excluding hydrogens is 324 g/mol. The molecule has 0 bridgehead atoms. The number of aromatic nitrogens is 1. The molecule has 0 aliphatic rings. The number of pyridine rings is 1. The Morgan fingerprint density at radius 3 is 2.65 bits per heavy atom. The highest BCUT2D eigenvalue weighted by atomic mass is 16.5. The van der Waals surface area contributed by atoms with Crippen molar-refractivity contribution >= 4 is 0 Å². The van der Waals surface area contributed by atoms with Crippen LogP contribution in [0.3, 0.4) is 0 Å². The number of ether oxygens (including phenoxy) is 2. The monoisotopic (exact) mass is 356 g/mol. The average Bonchev–Trinajstić information content (AvgIpc) is 2.68. The third-order valence-electron chi connectivity index (χ3n) is 4.41. The lowest BCUT2D eigenvalue weighted by Crippen LogP contribution is -2.21. The van der Waals surface area contributed by atoms with E-state index in [1.165, 1.54) is 24.8 Å². The molecule has 0 aliphatic heterocycles. The maximum atomic E-state index is 5.89. The Balaban J connectivity index is 1.83. The molecule has 4 heteroatoms. The first-order valence-corrected chi connectivity index (χ1v) is 9.61. The highest BCUT2D eigenvalue weighted by Crippen LogP contribution is 2.28. The summed E-state index contributed by atoms with van der Waals surface area (Å²) in [7, 11) is 3.83. The van der Waals surface area contributed by atoms with Gasteiger partial charge in [0.1, 0.15) is 0 Å². The fourth-order valence-corrected chi connectivity index (χ4v) is 2.88. The molecule has 0 saturated heterocycles. The van der Waals surface area contributed by atoms with Crippen LogP contribution in [0.2, 0.25) is 0 Å². The number of likely N-dealkylation sites (N-methyl/N-ethyl adjacent to an activating group) is 1. The second kappa shape index (κ2) is 11.5. The molecule has 2 aromatic rings. The molecule has 4 nitrogen and oxygen atoms in total. The number of benzene rings is 1. The summed E-state index contributed by atoms with van der Waals surface area (Å²) in [5.41, 5.74) is 2.35. The quantitative estimate of drug-likeness (QED) is 0.515. The Labute approximate surface area is 158 Å². The van der Waals surface area contributed by atoms with Gasteiger partial charge in [0.05, 0.1) is 13.7 Å². The maximum absolute atomic E-state index is 5.89. The third-order valence-corrected chi connectivity index (χ3v) is 4.41. The second-order valence-electron chi connectivity index (χ2n) is 6.70. The number of methoxy groups -OCH3 is 1. The molecule has 2 rings (SSSR count). The van der Waals surface area contributed by atoms with Gasteiger partial charge in [-0.25, -0.2) is 0 Å². The van der Waals surface area contributed by atoms with Crippen LogP contribution >= 0.6 is 0 Å². The predicted octanol–water partition coefficient (Wildman–Crippen LogP) is 4.72. The lowest BCUT2D eigenvalue weighted by atomic mass is 10.1. The minimum absolute atomic E-state index is 0.750. The van der Waals surface area contributed by atoms with Crippen LogP contribution in [0.5, 0.6) is 11.5 Å². The number of rotatable bonds is 12. The molecule has 1 heterocycles. The zero-order valence-electron chi connectivity index (χ0n) is 16.4. The van der Waals surface area contributed by atoms with E-state index < -0.39 is 0 Å². The number of hydrogen-bond donors (Lipinski definition) is 0. The van der Waals surface area contributed by atoms with Crippen molar-refractivity contribution in [2.75, 3.05) is 27.3 Å². The zero-order valence-corrected chi connectivity index (χ0v) is 16.4. The van der Waals surface area contributed by atoms with Gasteiger partial charge >= 0.3 is 0 Å². The van der Waals surface area contributed by atoms with E-state index in [1.807, 2.05) is 24.4 Å². The minimum atomic E-state index is 0.750. The molecule has 142 valence electrons. The van der Waals surface area contributed by atoms with Gasteiger partial charge in [-0.3, -0.25) is 4.98 Å². The minimum Gasteiger partial charge on any atom is -0.493 e. The van der Waals surface area contributed by atoms with Gasteiger partial charge in [-0.1, -0.05) is 38.3 Å². The Kier molecular flexibility index (Phi) is 8.98. The average molecular weight is 357 g/mol. The molecule has 0 aliphatic carbocycles. The van der Waals surface area contributed by atoms with Crippen LogP contribution in [0.15, 0.2) is 42.6 Å². The first kappa shape index (κ1) is 20.2. The molecule has 0 fully saturated rings. The molecule has 0 saturated carbocycles. The Morgan fingerprint density at radius 1 is 1.04 bits per heavy atom. The highest BCUT2D eigenvalue weighted by molar-refractivity contribution is 5.43. The fourth-order valence-electron chi connectivity index (χ4n) is 2.88. The lowest BCUT2D eigenvalue weighted by Gasteiger charge is -2.18. The predicted molar refractivity (Wildman–Crippen MR) is 107 cm³/mol. The van der Waals surface area contributed by atoms with Gasteiger partial charge in [0, 0.05) is 31.4 Å². The van der Waals surface area contributed by atoms with Crippen molar-refractivity contribution in [1.29, 1.82) is 0 Å². The van der Waals surface area contributed by atoms with Gasteiger partial charge in [0.15, 0.2) is 11.5 Å². The normalized spacial score (nSPS) is 10.9. The van der Waals surface area contributed by atoms with Crippen LogP contribution < -0.4 is 9.47 Å². The lowest BCUT2D eigenvalue weighted by molar-refractivity contribution is 0.284. The third kappa shape index (κ3) is 7.04. The summed E-state index contributed by atoms with van der Waals surface area (Å²) in [4.78, 5) is 6.68. The summed E-state index contributed by atoms with van der Waals surface area (Å²) in [6.07, 6.45) is 7.62. The van der Waals surface area contributed by atoms with E-state index in [9.17, 15) is 0 Å². The van der Waals surface area contributed by atoms with E-state index in [1.54, 1.807) is 7.11 Å². The van der Waals surface area contributed by atoms with Crippen LogP contribution in [0.25, 0.3) is 0 Å². The number of nitrogens with zero attached hydrogens (tertiary/aromatic N) is 2. The maximum Gasteiger partial charge on any atom is 0.161 e. The molecule has 1 aromatic carbocycles. The van der Waals surface area contributed by atoms with Gasteiger partial charge in [0.2, 0.25) is 0 Å². The molecule has 0 radical (unpaired) electrons. The zero-order chi connectivity index (χ0) is 18.6. The first-order chi connectivity index (χ1) is 12.7. The van der Waals surface area contributed by atoms with Crippen molar-refractivity contribution in [3.05, 3.63) is 53.9 Å². The highest BCUT2D eigenvalue weighted by Gasteiger charge is 2.08. The number of hydrogen-bond acceptors (Lipinski definition) is 4. The van der Waals surface area contributed by atoms with E-state index in [-0.39, 0.29) is 0 Å². The van der Waals surface area contributed by atoms with Crippen molar-refractivity contribution in [2.24, 2.45) is 0 Å². The molecule has 0 unspecified atom stereocenters. The molecular formula is C22H32N2O2. The van der Waals surface area contributed by atoms with Crippen LogP contribution in [0.1, 0.15) is 43.9 Å². The van der Waals surface area contributed by atoms with Gasteiger partial charge < -0.3 is 14.4 Å². The summed E-state index contributed by atoms with van der Waals surface area (Å²) in [5, 5.41) is 0. The van der Waals surface area contributed by atoms with Gasteiger partial charge in [-0.2, -0.15) is 0 Å². The standard InChI is InChI=1S/C22H32N2O2/c1-4-5-6-9-16-26-21-12-11-19(17-22(21)25-3)18-24(2)15-13-20-10-7-8-14-23-20/h7-8,10-12,14,17H,4-6,9,13,15-16,18H2,1-3H3. The molecule has 1 aromatic heterocycles. The summed E-state index contributed by atoms with van der Waals surface area (Å²) < 4.78 is 11.4. The van der Waals surface area contributed by atoms with Gasteiger partial charge in [-0.15, -0.1) is 0 Å². The van der Waals surface area contributed by atoms with Crippen LogP contribution in [-0.4, -0.2) is 37.2 Å². The summed E-state index contributed by atoms with van der Waals surface area (Å²) >= 11 is 0. The number of unbranched alkanes of at least 4 members (excludes halogenated alkanes) is 3. The smallest absolute Gasteiger partial charge is 0.161 e. The van der Waals surface area contributed by atoms with Gasteiger partial charge in [0.25, 0.3) is 0 Å². The van der Waals surface area contributed by atoms with E-state index >= 15 is 0 Å². The van der Waals surface area contributed by atoms with E-state index in [2.05, 4.69) is 42.1 Å². The Morgan fingerprint density at radius 2 is 1.92 bits per heavy atom. The van der Waals surface area contributed by atoms with Crippen molar-refractivity contribution in [3.8, 4) is 11.5 Å². The second-order valence-corrected chi connectivity index (χ2v) is 6.70. The summed E-state index contributed by atoms with van der Waals surface area (Å²) in [5.74, 6) is 1.65. The van der Waals surface area contributed by atoms with E-state index in [0.29, 0.717) is 0 Å². The Bertz CT molecular complexity index is 631. The molecule has 0 spiro atoms. The SMILES string of the molecule is CCCCCCOc1ccc(CN(C)CCc2ccccn2)cc1OC. The van der Waals surface area contributed by atoms with Crippen LogP contribution in [0.4, 0.5) is 0 Å². The molecule has 0 atom stereocenters. The van der Waals surface area contributed by atoms with E-state index in [4.69, 9.17) is 9.47 Å². The van der Waals surface area contributed by atoms with Crippen molar-refractivity contribution in [1.82, 2.24) is 9.88 Å². The summed E-state index contributed by atoms with van der Waals surface area (Å²) in [6.45, 7) is 4.81. The van der Waals surface area contributed by atoms with Crippen molar-refractivity contribution < 1.29 is 9.47 Å². The van der Waals surface area contributed by atoms with Crippen LogP contribution in [-0.2, 0) is 13.0 Å². The summed E-state index contributed by atoms with van der Waals surface area (Å²) in [6, 6.07) is 12.3. The molecule has 0 amide bonds. The van der Waals surface area contributed by atoms with Crippen molar-refractivity contribution in [3.63, 3.8) is 0 Å². The van der Waals surface area contributed by atoms with Crippen LogP contribution in [0, 0.1) is 0 Å². The van der Waals surface area contributed by atoms with Crippen molar-refractivity contribution in [2.45, 2.75) is 45.6 Å². The first-order valence-electron chi connectivity index (χ1n) is 9.61. The largest absolute Gasteiger partial charge is 0.493 e. The Hall–Kier alpha value is -2.07. The topological polar surface area (TPSA) is 34.6 Å². The molecule has 0 N–H and O–H groups in total.